The number of benzene rings is 1. The molecular formula is C33H48N8O4Si. The van der Waals surface area contributed by atoms with Gasteiger partial charge in [-0.25, -0.2) is 9.67 Å². The number of rotatable bonds is 11. The van der Waals surface area contributed by atoms with Crippen LogP contribution < -0.4 is 24.4 Å². The number of hydrogen-bond donors (Lipinski definition) is 1. The van der Waals surface area contributed by atoms with Crippen molar-refractivity contribution < 1.29 is 18.6 Å². The van der Waals surface area contributed by atoms with Crippen molar-refractivity contribution in [1.29, 1.82) is 0 Å². The van der Waals surface area contributed by atoms with Crippen molar-refractivity contribution >= 4 is 36.9 Å². The predicted molar refractivity (Wildman–Crippen MR) is 183 cm³/mol. The van der Waals surface area contributed by atoms with Gasteiger partial charge in [-0.15, -0.1) is 0 Å². The standard InChI is InChI=1S/C33H48N8O4Si/c1-21-28-30(40-15-11-14-23(40)19-45-46(8,9)33(2,3)4)36-32(37-31(28)41(38-21)22-12-10-13-22)35-27-18-39(20-34-27)24-16-25(42-5)29(44-7)26(17-24)43-6/h16-18,20,22-23H,10-15,19H2,1-9H3,(H,35,36,37)/t23-/m1/s1. The van der Waals surface area contributed by atoms with E-state index in [-0.39, 0.29) is 11.1 Å². The van der Waals surface area contributed by atoms with Crippen LogP contribution in [0.3, 0.4) is 0 Å². The quantitative estimate of drug-likeness (QED) is 0.174. The van der Waals surface area contributed by atoms with Gasteiger partial charge in [-0.05, 0) is 57.2 Å². The number of imidazole rings is 1. The molecule has 1 aromatic carbocycles. The minimum absolute atomic E-state index is 0.154. The molecule has 6 rings (SSSR count). The van der Waals surface area contributed by atoms with Crippen molar-refractivity contribution in [1.82, 2.24) is 29.3 Å². The zero-order chi connectivity index (χ0) is 32.8. The van der Waals surface area contributed by atoms with Crippen LogP contribution in [0.15, 0.2) is 24.7 Å². The lowest BCUT2D eigenvalue weighted by Gasteiger charge is -2.38. The van der Waals surface area contributed by atoms with Gasteiger partial charge in [-0.1, -0.05) is 20.8 Å². The van der Waals surface area contributed by atoms with Gasteiger partial charge < -0.3 is 33.4 Å². The van der Waals surface area contributed by atoms with E-state index in [0.29, 0.717) is 41.7 Å². The van der Waals surface area contributed by atoms with E-state index in [1.807, 2.05) is 22.9 Å². The number of aromatic nitrogens is 6. The van der Waals surface area contributed by atoms with Gasteiger partial charge >= 0.3 is 0 Å². The van der Waals surface area contributed by atoms with Crippen molar-refractivity contribution in [2.45, 2.75) is 90.0 Å². The molecule has 1 atom stereocenters. The monoisotopic (exact) mass is 648 g/mol. The third-order valence-electron chi connectivity index (χ3n) is 9.99. The molecule has 4 aromatic rings. The summed E-state index contributed by atoms with van der Waals surface area (Å²) in [5.41, 5.74) is 2.65. The molecule has 0 amide bonds. The molecule has 2 aliphatic rings. The van der Waals surface area contributed by atoms with Gasteiger partial charge in [0.2, 0.25) is 11.7 Å². The summed E-state index contributed by atoms with van der Waals surface area (Å²) in [7, 11) is 2.90. The van der Waals surface area contributed by atoms with E-state index >= 15 is 0 Å². The van der Waals surface area contributed by atoms with Gasteiger partial charge in [-0.2, -0.15) is 15.1 Å². The number of aryl methyl sites for hydroxylation is 1. The second-order valence-corrected chi connectivity index (χ2v) is 18.7. The summed E-state index contributed by atoms with van der Waals surface area (Å²) in [6, 6.07) is 4.37. The number of hydrogen-bond acceptors (Lipinski definition) is 10. The number of nitrogens with zero attached hydrogens (tertiary/aromatic N) is 7. The van der Waals surface area contributed by atoms with E-state index in [4.69, 9.17) is 33.7 Å². The largest absolute Gasteiger partial charge is 0.493 e. The summed E-state index contributed by atoms with van der Waals surface area (Å²) in [4.78, 5) is 17.3. The van der Waals surface area contributed by atoms with Crippen LogP contribution in [0.5, 0.6) is 17.2 Å². The predicted octanol–water partition coefficient (Wildman–Crippen LogP) is 6.81. The van der Waals surface area contributed by atoms with Crippen LogP contribution in [0.2, 0.25) is 18.1 Å². The Bertz CT molecular complexity index is 1680. The van der Waals surface area contributed by atoms with E-state index in [2.05, 4.69) is 60.7 Å². The summed E-state index contributed by atoms with van der Waals surface area (Å²) < 4.78 is 27.4. The molecule has 0 spiro atoms. The molecule has 13 heteroatoms. The SMILES string of the molecule is COc1cc(-n2cnc(Nc3nc(N4CCC[C@@H]4CO[Si](C)(C)C(C)(C)C)c4c(C)nn(C5CCC5)c4n3)c2)cc(OC)c1OC. The molecule has 0 radical (unpaired) electrons. The molecule has 12 nitrogen and oxygen atoms in total. The Morgan fingerprint density at radius 2 is 1.70 bits per heavy atom. The van der Waals surface area contributed by atoms with Crippen LogP contribution in [0.1, 0.15) is 64.6 Å². The minimum atomic E-state index is -1.90. The third kappa shape index (κ3) is 5.90. The fourth-order valence-corrected chi connectivity index (χ4v) is 7.05. The normalized spacial score (nSPS) is 17.4. The smallest absolute Gasteiger partial charge is 0.232 e. The molecule has 4 heterocycles. The van der Waals surface area contributed by atoms with Crippen LogP contribution in [-0.4, -0.2) is 78.1 Å². The molecule has 1 aliphatic heterocycles. The molecule has 46 heavy (non-hydrogen) atoms. The molecule has 1 saturated heterocycles. The third-order valence-corrected chi connectivity index (χ3v) is 14.5. The Labute approximate surface area is 272 Å². The molecule has 248 valence electrons. The minimum Gasteiger partial charge on any atom is -0.493 e. The highest BCUT2D eigenvalue weighted by Crippen LogP contribution is 2.41. The summed E-state index contributed by atoms with van der Waals surface area (Å²) in [5.74, 6) is 3.70. The van der Waals surface area contributed by atoms with Crippen molar-refractivity contribution in [3.05, 3.63) is 30.4 Å². The molecule has 0 unspecified atom stereocenters. The second-order valence-electron chi connectivity index (χ2n) is 13.9. The van der Waals surface area contributed by atoms with E-state index < -0.39 is 8.32 Å². The van der Waals surface area contributed by atoms with E-state index in [9.17, 15) is 0 Å². The number of ether oxygens (including phenoxy) is 3. The van der Waals surface area contributed by atoms with Crippen LogP contribution in [0.4, 0.5) is 17.6 Å². The Morgan fingerprint density at radius 3 is 2.30 bits per heavy atom. The topological polar surface area (TPSA) is 114 Å². The number of nitrogens with one attached hydrogen (secondary N) is 1. The maximum Gasteiger partial charge on any atom is 0.232 e. The van der Waals surface area contributed by atoms with Gasteiger partial charge in [0.1, 0.15) is 12.1 Å². The number of anilines is 3. The first-order valence-electron chi connectivity index (χ1n) is 16.2. The van der Waals surface area contributed by atoms with Crippen LogP contribution in [0, 0.1) is 6.92 Å². The Morgan fingerprint density at radius 1 is 0.978 bits per heavy atom. The van der Waals surface area contributed by atoms with E-state index in [1.165, 1.54) is 6.42 Å². The van der Waals surface area contributed by atoms with Gasteiger partial charge in [0.25, 0.3) is 0 Å². The lowest BCUT2D eigenvalue weighted by molar-refractivity contribution is 0.263. The van der Waals surface area contributed by atoms with Gasteiger partial charge in [0.05, 0.1) is 63.0 Å². The maximum atomic E-state index is 6.74. The molecule has 2 fully saturated rings. The number of fused-ring (bicyclic) bond motifs is 1. The lowest BCUT2D eigenvalue weighted by Crippen LogP contribution is -2.45. The summed E-state index contributed by atoms with van der Waals surface area (Å²) in [6.07, 6.45) is 9.24. The maximum absolute atomic E-state index is 6.74. The highest BCUT2D eigenvalue weighted by atomic mass is 28.4. The molecule has 1 aliphatic carbocycles. The zero-order valence-corrected chi connectivity index (χ0v) is 29.7. The molecule has 1 saturated carbocycles. The average Bonchev–Trinajstić information content (AvgIpc) is 3.73. The summed E-state index contributed by atoms with van der Waals surface area (Å²) in [5, 5.41) is 9.59. The zero-order valence-electron chi connectivity index (χ0n) is 28.7. The summed E-state index contributed by atoms with van der Waals surface area (Å²) in [6.45, 7) is 15.2. The van der Waals surface area contributed by atoms with Gasteiger partial charge in [0.15, 0.2) is 31.3 Å². The average molecular weight is 649 g/mol. The Hall–Kier alpha value is -3.84. The molecule has 3 aromatic heterocycles. The summed E-state index contributed by atoms with van der Waals surface area (Å²) >= 11 is 0. The Balaban J connectivity index is 1.35. The first-order chi connectivity index (χ1) is 21.9. The molecule has 0 bridgehead atoms. The number of methoxy groups -OCH3 is 3. The highest BCUT2D eigenvalue weighted by molar-refractivity contribution is 6.74. The van der Waals surface area contributed by atoms with Gasteiger partial charge in [-0.3, -0.25) is 0 Å². The highest BCUT2D eigenvalue weighted by Gasteiger charge is 2.39. The van der Waals surface area contributed by atoms with Crippen molar-refractivity contribution in [2.75, 3.05) is 44.7 Å². The molecule has 1 N–H and O–H groups in total. The first-order valence-corrected chi connectivity index (χ1v) is 19.1. The fourth-order valence-electron chi connectivity index (χ4n) is 6.00. The Kier molecular flexibility index (Phi) is 8.66. The second kappa shape index (κ2) is 12.4. The van der Waals surface area contributed by atoms with Crippen LogP contribution >= 0.6 is 0 Å². The van der Waals surface area contributed by atoms with Crippen molar-refractivity contribution in [3.63, 3.8) is 0 Å². The van der Waals surface area contributed by atoms with Crippen LogP contribution in [0.25, 0.3) is 16.7 Å². The van der Waals surface area contributed by atoms with Gasteiger partial charge in [0, 0.05) is 18.7 Å². The first kappa shape index (κ1) is 32.1. The van der Waals surface area contributed by atoms with E-state index in [1.54, 1.807) is 27.7 Å². The van der Waals surface area contributed by atoms with Crippen molar-refractivity contribution in [3.8, 4) is 22.9 Å². The van der Waals surface area contributed by atoms with Crippen molar-refractivity contribution in [2.24, 2.45) is 0 Å². The van der Waals surface area contributed by atoms with Crippen LogP contribution in [-0.2, 0) is 4.43 Å². The van der Waals surface area contributed by atoms with E-state index in [0.717, 1.165) is 60.5 Å². The fraction of sp³-hybridized carbons (Fsp3) is 0.576. The lowest BCUT2D eigenvalue weighted by atomic mass is 9.93. The molecular weight excluding hydrogens is 601 g/mol.